The lowest BCUT2D eigenvalue weighted by atomic mass is 9.95. The van der Waals surface area contributed by atoms with Gasteiger partial charge in [-0.25, -0.2) is 0 Å². The van der Waals surface area contributed by atoms with Crippen molar-refractivity contribution in [2.24, 2.45) is 5.73 Å². The molecular formula is C13H20N2OS. The normalized spacial score (nSPS) is 16.4. The molecule has 1 aromatic rings. The van der Waals surface area contributed by atoms with E-state index in [1.54, 1.807) is 11.3 Å². The van der Waals surface area contributed by atoms with Crippen LogP contribution in [0.4, 0.5) is 0 Å². The molecule has 1 atom stereocenters. The Hall–Kier alpha value is -0.870. The van der Waals surface area contributed by atoms with E-state index in [0.717, 1.165) is 24.8 Å². The van der Waals surface area contributed by atoms with Crippen LogP contribution in [0.25, 0.3) is 0 Å². The Kier molecular flexibility index (Phi) is 4.18. The second kappa shape index (κ2) is 5.65. The Balaban J connectivity index is 1.97. The standard InChI is InChI=1S/C13H20N2OS/c1-9(14)6-7-15-13(16)11-8-17-12-5-3-2-4-10(11)12/h8-9H,2-7,14H2,1H3,(H,15,16). The van der Waals surface area contributed by atoms with E-state index >= 15 is 0 Å². The topological polar surface area (TPSA) is 55.1 Å². The Morgan fingerprint density at radius 2 is 2.29 bits per heavy atom. The Bertz CT molecular complexity index is 398. The van der Waals surface area contributed by atoms with Crippen LogP contribution in [-0.4, -0.2) is 18.5 Å². The molecule has 0 aromatic carbocycles. The van der Waals surface area contributed by atoms with Gasteiger partial charge in [0.2, 0.25) is 0 Å². The first-order chi connectivity index (χ1) is 8.18. The van der Waals surface area contributed by atoms with Crippen LogP contribution in [0, 0.1) is 0 Å². The summed E-state index contributed by atoms with van der Waals surface area (Å²) in [5.74, 6) is 0.0741. The maximum atomic E-state index is 12.0. The van der Waals surface area contributed by atoms with Gasteiger partial charge in [-0.1, -0.05) is 0 Å². The predicted molar refractivity (Wildman–Crippen MR) is 71.6 cm³/mol. The minimum Gasteiger partial charge on any atom is -0.352 e. The van der Waals surface area contributed by atoms with Crippen molar-refractivity contribution in [2.45, 2.75) is 45.1 Å². The van der Waals surface area contributed by atoms with Gasteiger partial charge in [-0.3, -0.25) is 4.79 Å². The number of hydrogen-bond acceptors (Lipinski definition) is 3. The maximum absolute atomic E-state index is 12.0. The van der Waals surface area contributed by atoms with Crippen molar-refractivity contribution in [1.29, 1.82) is 0 Å². The number of amides is 1. The second-order valence-corrected chi connectivity index (χ2v) is 5.74. The maximum Gasteiger partial charge on any atom is 0.252 e. The van der Waals surface area contributed by atoms with Crippen LogP contribution in [0.15, 0.2) is 5.38 Å². The molecule has 0 radical (unpaired) electrons. The van der Waals surface area contributed by atoms with E-state index < -0.39 is 0 Å². The average molecular weight is 252 g/mol. The van der Waals surface area contributed by atoms with Crippen molar-refractivity contribution in [3.63, 3.8) is 0 Å². The van der Waals surface area contributed by atoms with Gasteiger partial charge in [-0.15, -0.1) is 11.3 Å². The number of rotatable bonds is 4. The Labute approximate surface area is 106 Å². The number of thiophene rings is 1. The highest BCUT2D eigenvalue weighted by Gasteiger charge is 2.19. The van der Waals surface area contributed by atoms with E-state index in [2.05, 4.69) is 5.32 Å². The van der Waals surface area contributed by atoms with Gasteiger partial charge in [0.15, 0.2) is 0 Å². The summed E-state index contributed by atoms with van der Waals surface area (Å²) < 4.78 is 0. The quantitative estimate of drug-likeness (QED) is 0.862. The second-order valence-electron chi connectivity index (χ2n) is 4.78. The minimum absolute atomic E-state index is 0.0741. The van der Waals surface area contributed by atoms with E-state index in [4.69, 9.17) is 5.73 Å². The third kappa shape index (κ3) is 3.07. The highest BCUT2D eigenvalue weighted by molar-refractivity contribution is 7.10. The summed E-state index contributed by atoms with van der Waals surface area (Å²) in [7, 11) is 0. The summed E-state index contributed by atoms with van der Waals surface area (Å²) in [5.41, 5.74) is 7.85. The monoisotopic (exact) mass is 252 g/mol. The summed E-state index contributed by atoms with van der Waals surface area (Å²) in [6, 6.07) is 0.145. The molecule has 17 heavy (non-hydrogen) atoms. The van der Waals surface area contributed by atoms with Gasteiger partial charge in [0, 0.05) is 22.8 Å². The van der Waals surface area contributed by atoms with Crippen molar-refractivity contribution < 1.29 is 4.79 Å². The van der Waals surface area contributed by atoms with Crippen molar-refractivity contribution in [2.75, 3.05) is 6.54 Å². The van der Waals surface area contributed by atoms with Crippen LogP contribution in [0.5, 0.6) is 0 Å². The van der Waals surface area contributed by atoms with Gasteiger partial charge >= 0.3 is 0 Å². The molecule has 0 fully saturated rings. The van der Waals surface area contributed by atoms with Gasteiger partial charge in [0.1, 0.15) is 0 Å². The zero-order valence-electron chi connectivity index (χ0n) is 10.3. The van der Waals surface area contributed by atoms with E-state index in [-0.39, 0.29) is 11.9 Å². The van der Waals surface area contributed by atoms with Crippen LogP contribution in [-0.2, 0) is 12.8 Å². The molecule has 0 aliphatic heterocycles. The highest BCUT2D eigenvalue weighted by Crippen LogP contribution is 2.29. The molecule has 94 valence electrons. The fourth-order valence-corrected chi connectivity index (χ4v) is 3.32. The zero-order chi connectivity index (χ0) is 12.3. The third-order valence-electron chi connectivity index (χ3n) is 3.19. The lowest BCUT2D eigenvalue weighted by Gasteiger charge is -2.13. The first kappa shape index (κ1) is 12.6. The number of carbonyl (C=O) groups excluding carboxylic acids is 1. The van der Waals surface area contributed by atoms with Gasteiger partial charge in [-0.2, -0.15) is 0 Å². The molecule has 0 saturated carbocycles. The molecule has 1 amide bonds. The number of hydrogen-bond donors (Lipinski definition) is 2. The highest BCUT2D eigenvalue weighted by atomic mass is 32.1. The number of nitrogens with one attached hydrogen (secondary N) is 1. The van der Waals surface area contributed by atoms with Crippen LogP contribution >= 0.6 is 11.3 Å². The van der Waals surface area contributed by atoms with Crippen molar-refractivity contribution >= 4 is 17.2 Å². The van der Waals surface area contributed by atoms with Crippen molar-refractivity contribution in [3.8, 4) is 0 Å². The molecule has 4 heteroatoms. The average Bonchev–Trinajstić information content (AvgIpc) is 2.72. The molecule has 3 N–H and O–H groups in total. The molecule has 1 aromatic heterocycles. The molecule has 2 rings (SSSR count). The zero-order valence-corrected chi connectivity index (χ0v) is 11.1. The molecule has 0 bridgehead atoms. The van der Waals surface area contributed by atoms with Gasteiger partial charge in [0.25, 0.3) is 5.91 Å². The fraction of sp³-hybridized carbons (Fsp3) is 0.615. The first-order valence-electron chi connectivity index (χ1n) is 6.31. The van der Waals surface area contributed by atoms with Gasteiger partial charge < -0.3 is 11.1 Å². The number of aryl methyl sites for hydroxylation is 1. The molecule has 0 spiro atoms. The predicted octanol–water partition coefficient (Wildman–Crippen LogP) is 2.09. The number of carbonyl (C=O) groups is 1. The smallest absolute Gasteiger partial charge is 0.252 e. The molecule has 1 unspecified atom stereocenters. The molecule has 1 aliphatic carbocycles. The van der Waals surface area contributed by atoms with Gasteiger partial charge in [-0.05, 0) is 44.6 Å². The van der Waals surface area contributed by atoms with Crippen molar-refractivity contribution in [3.05, 3.63) is 21.4 Å². The van der Waals surface area contributed by atoms with Crippen LogP contribution < -0.4 is 11.1 Å². The van der Waals surface area contributed by atoms with E-state index in [9.17, 15) is 4.79 Å². The molecule has 1 heterocycles. The minimum atomic E-state index is 0.0741. The largest absolute Gasteiger partial charge is 0.352 e. The molecule has 0 saturated heterocycles. The molecular weight excluding hydrogens is 232 g/mol. The third-order valence-corrected chi connectivity index (χ3v) is 4.28. The Morgan fingerprint density at radius 1 is 1.53 bits per heavy atom. The van der Waals surface area contributed by atoms with Crippen LogP contribution in [0.1, 0.15) is 47.0 Å². The summed E-state index contributed by atoms with van der Waals surface area (Å²) in [6.45, 7) is 2.62. The van der Waals surface area contributed by atoms with E-state index in [1.165, 1.54) is 23.3 Å². The summed E-state index contributed by atoms with van der Waals surface area (Å²) >= 11 is 1.73. The number of fused-ring (bicyclic) bond motifs is 1. The van der Waals surface area contributed by atoms with Gasteiger partial charge in [0.05, 0.1) is 5.56 Å². The molecule has 3 nitrogen and oxygen atoms in total. The summed E-state index contributed by atoms with van der Waals surface area (Å²) in [5, 5.41) is 4.97. The summed E-state index contributed by atoms with van der Waals surface area (Å²) in [6.07, 6.45) is 5.52. The van der Waals surface area contributed by atoms with E-state index in [1.807, 2.05) is 12.3 Å². The fourth-order valence-electron chi connectivity index (χ4n) is 2.19. The summed E-state index contributed by atoms with van der Waals surface area (Å²) in [4.78, 5) is 13.4. The first-order valence-corrected chi connectivity index (χ1v) is 7.19. The molecule has 1 aliphatic rings. The van der Waals surface area contributed by atoms with Crippen LogP contribution in [0.2, 0.25) is 0 Å². The Morgan fingerprint density at radius 3 is 3.06 bits per heavy atom. The lowest BCUT2D eigenvalue weighted by molar-refractivity contribution is 0.0952. The lowest BCUT2D eigenvalue weighted by Crippen LogP contribution is -2.29. The number of nitrogens with two attached hydrogens (primary N) is 1. The van der Waals surface area contributed by atoms with E-state index in [0.29, 0.717) is 6.54 Å². The van der Waals surface area contributed by atoms with Crippen LogP contribution in [0.3, 0.4) is 0 Å². The van der Waals surface area contributed by atoms with Crippen molar-refractivity contribution in [1.82, 2.24) is 5.32 Å². The SMILES string of the molecule is CC(N)CCNC(=O)c1csc2c1CCCC2.